The number of carbonyl (C=O) groups is 3. The molecule has 0 radical (unpaired) electrons. The molecule has 4 rings (SSSR count). The summed E-state index contributed by atoms with van der Waals surface area (Å²) >= 11 is 0. The van der Waals surface area contributed by atoms with E-state index in [4.69, 9.17) is 4.74 Å². The molecule has 0 saturated carbocycles. The molecule has 1 atom stereocenters. The summed E-state index contributed by atoms with van der Waals surface area (Å²) < 4.78 is 18.9. The number of rotatable bonds is 5. The molecule has 2 aliphatic heterocycles. The molecule has 2 aliphatic rings. The van der Waals surface area contributed by atoms with Gasteiger partial charge in [-0.15, -0.1) is 0 Å². The second-order valence-corrected chi connectivity index (χ2v) is 7.74. The Morgan fingerprint density at radius 3 is 2.61 bits per heavy atom. The van der Waals surface area contributed by atoms with Gasteiger partial charge in [-0.3, -0.25) is 24.5 Å². The number of nitrogens with zero attached hydrogens (tertiary/aromatic N) is 3. The third-order valence-electron chi connectivity index (χ3n) is 5.65. The van der Waals surface area contributed by atoms with Crippen LogP contribution >= 0.6 is 0 Å². The molecule has 2 aromatic carbocycles. The standard InChI is InChI=1S/C22H21FN4O6/c23-17-6-5-15(12-19(17)27(31)32)26-13-14(11-20(26)28)21(29)24-18-4-2-1-3-16(18)22(30)25-7-9-33-10-8-25/h1-6,12,14H,7-11,13H2,(H,24,29). The number of benzene rings is 2. The van der Waals surface area contributed by atoms with Crippen LogP contribution in [0.2, 0.25) is 0 Å². The molecule has 1 unspecified atom stereocenters. The number of amides is 3. The van der Waals surface area contributed by atoms with Crippen LogP contribution in [-0.2, 0) is 14.3 Å². The summed E-state index contributed by atoms with van der Waals surface area (Å²) in [5.74, 6) is -2.84. The van der Waals surface area contributed by atoms with Gasteiger partial charge in [0.2, 0.25) is 17.6 Å². The fourth-order valence-corrected chi connectivity index (χ4v) is 3.89. The van der Waals surface area contributed by atoms with Crippen molar-refractivity contribution in [2.45, 2.75) is 6.42 Å². The van der Waals surface area contributed by atoms with E-state index in [-0.39, 0.29) is 24.6 Å². The summed E-state index contributed by atoms with van der Waals surface area (Å²) in [6.07, 6.45) is -0.114. The average molecular weight is 456 g/mol. The SMILES string of the molecule is O=C(Nc1ccccc1C(=O)N1CCOCC1)C1CC(=O)N(c2ccc(F)c([N+](=O)[O-])c2)C1. The van der Waals surface area contributed by atoms with Crippen LogP contribution < -0.4 is 10.2 Å². The maximum atomic E-state index is 13.6. The minimum Gasteiger partial charge on any atom is -0.378 e. The highest BCUT2D eigenvalue weighted by Gasteiger charge is 2.36. The van der Waals surface area contributed by atoms with E-state index in [1.807, 2.05) is 0 Å². The van der Waals surface area contributed by atoms with Crippen molar-refractivity contribution in [3.05, 3.63) is 64.0 Å². The second kappa shape index (κ2) is 9.33. The molecular weight excluding hydrogens is 435 g/mol. The number of ether oxygens (including phenoxy) is 1. The lowest BCUT2D eigenvalue weighted by Gasteiger charge is -2.27. The number of nitrogens with one attached hydrogen (secondary N) is 1. The van der Waals surface area contributed by atoms with Crippen LogP contribution in [0.1, 0.15) is 16.8 Å². The Bertz CT molecular complexity index is 1120. The molecule has 33 heavy (non-hydrogen) atoms. The third kappa shape index (κ3) is 4.67. The fourth-order valence-electron chi connectivity index (χ4n) is 3.89. The van der Waals surface area contributed by atoms with Crippen LogP contribution in [0.5, 0.6) is 0 Å². The first-order chi connectivity index (χ1) is 15.8. The summed E-state index contributed by atoms with van der Waals surface area (Å²) in [6, 6.07) is 9.78. The lowest BCUT2D eigenvalue weighted by atomic mass is 10.1. The molecule has 2 saturated heterocycles. The molecule has 2 heterocycles. The summed E-state index contributed by atoms with van der Waals surface area (Å²) in [4.78, 5) is 51.3. The molecule has 0 bridgehead atoms. The van der Waals surface area contributed by atoms with Crippen molar-refractivity contribution >= 4 is 34.8 Å². The van der Waals surface area contributed by atoms with Gasteiger partial charge in [0, 0.05) is 32.1 Å². The summed E-state index contributed by atoms with van der Waals surface area (Å²) in [6.45, 7) is 1.78. The number of halogens is 1. The molecule has 10 nitrogen and oxygen atoms in total. The van der Waals surface area contributed by atoms with Crippen LogP contribution in [0.25, 0.3) is 0 Å². The van der Waals surface area contributed by atoms with Crippen molar-refractivity contribution in [3.8, 4) is 0 Å². The first kappa shape index (κ1) is 22.3. The van der Waals surface area contributed by atoms with Gasteiger partial charge in [-0.05, 0) is 24.3 Å². The van der Waals surface area contributed by atoms with E-state index >= 15 is 0 Å². The van der Waals surface area contributed by atoms with Crippen molar-refractivity contribution in [2.24, 2.45) is 5.92 Å². The van der Waals surface area contributed by atoms with Gasteiger partial charge in [-0.25, -0.2) is 0 Å². The maximum absolute atomic E-state index is 13.6. The Hall–Kier alpha value is -3.86. The van der Waals surface area contributed by atoms with Crippen molar-refractivity contribution in [1.29, 1.82) is 0 Å². The number of morpholine rings is 1. The number of nitro groups is 1. The van der Waals surface area contributed by atoms with Gasteiger partial charge in [0.1, 0.15) is 0 Å². The number of hydrogen-bond acceptors (Lipinski definition) is 6. The average Bonchev–Trinajstić information content (AvgIpc) is 3.21. The zero-order chi connectivity index (χ0) is 23.5. The molecule has 3 amide bonds. The van der Waals surface area contributed by atoms with E-state index in [0.717, 1.165) is 12.1 Å². The van der Waals surface area contributed by atoms with Crippen molar-refractivity contribution < 1.29 is 28.4 Å². The number of nitro benzene ring substituents is 1. The predicted octanol–water partition coefficient (Wildman–Crippen LogP) is 2.20. The monoisotopic (exact) mass is 456 g/mol. The van der Waals surface area contributed by atoms with Crippen LogP contribution in [0, 0.1) is 21.8 Å². The first-order valence-corrected chi connectivity index (χ1v) is 10.4. The van der Waals surface area contributed by atoms with Gasteiger partial charge in [-0.1, -0.05) is 12.1 Å². The first-order valence-electron chi connectivity index (χ1n) is 10.4. The zero-order valence-electron chi connectivity index (χ0n) is 17.5. The molecule has 0 aliphatic carbocycles. The molecule has 172 valence electrons. The summed E-state index contributed by atoms with van der Waals surface area (Å²) in [5, 5.41) is 13.7. The van der Waals surface area contributed by atoms with Gasteiger partial charge in [-0.2, -0.15) is 4.39 Å². The van der Waals surface area contributed by atoms with Gasteiger partial charge >= 0.3 is 5.69 Å². The van der Waals surface area contributed by atoms with Gasteiger partial charge in [0.25, 0.3) is 5.91 Å². The molecule has 0 spiro atoms. The van der Waals surface area contributed by atoms with E-state index in [2.05, 4.69) is 5.32 Å². The topological polar surface area (TPSA) is 122 Å². The van der Waals surface area contributed by atoms with E-state index < -0.39 is 34.2 Å². The molecule has 2 aromatic rings. The minimum absolute atomic E-state index is 0.0208. The highest BCUT2D eigenvalue weighted by Crippen LogP contribution is 2.30. The summed E-state index contributed by atoms with van der Waals surface area (Å²) in [7, 11) is 0. The summed E-state index contributed by atoms with van der Waals surface area (Å²) in [5.41, 5.74) is 0.0699. The maximum Gasteiger partial charge on any atom is 0.306 e. The van der Waals surface area contributed by atoms with E-state index in [9.17, 15) is 28.9 Å². The lowest BCUT2D eigenvalue weighted by Crippen LogP contribution is -2.41. The highest BCUT2D eigenvalue weighted by atomic mass is 19.1. The third-order valence-corrected chi connectivity index (χ3v) is 5.65. The smallest absolute Gasteiger partial charge is 0.306 e. The van der Waals surface area contributed by atoms with E-state index in [1.165, 1.54) is 11.0 Å². The molecule has 1 N–H and O–H groups in total. The van der Waals surface area contributed by atoms with Gasteiger partial charge < -0.3 is 19.9 Å². The fraction of sp³-hybridized carbons (Fsp3) is 0.318. The Morgan fingerprint density at radius 1 is 1.15 bits per heavy atom. The van der Waals surface area contributed by atoms with Crippen LogP contribution in [0.4, 0.5) is 21.5 Å². The number of para-hydroxylation sites is 1. The molecule has 2 fully saturated rings. The Kier molecular flexibility index (Phi) is 6.31. The zero-order valence-corrected chi connectivity index (χ0v) is 17.5. The minimum atomic E-state index is -1.01. The predicted molar refractivity (Wildman–Crippen MR) is 115 cm³/mol. The number of carbonyl (C=O) groups excluding carboxylic acids is 3. The van der Waals surface area contributed by atoms with Crippen molar-refractivity contribution in [1.82, 2.24) is 4.90 Å². The molecular formula is C22H21FN4O6. The Morgan fingerprint density at radius 2 is 1.88 bits per heavy atom. The quantitative estimate of drug-likeness (QED) is 0.544. The van der Waals surface area contributed by atoms with Gasteiger partial charge in [0.05, 0.1) is 41.0 Å². The molecule has 11 heteroatoms. The van der Waals surface area contributed by atoms with Crippen molar-refractivity contribution in [2.75, 3.05) is 43.1 Å². The van der Waals surface area contributed by atoms with Crippen molar-refractivity contribution in [3.63, 3.8) is 0 Å². The van der Waals surface area contributed by atoms with E-state index in [1.54, 1.807) is 29.2 Å². The Balaban J connectivity index is 1.48. The van der Waals surface area contributed by atoms with E-state index in [0.29, 0.717) is 37.6 Å². The normalized spacial score (nSPS) is 18.3. The second-order valence-electron chi connectivity index (χ2n) is 7.74. The van der Waals surface area contributed by atoms with Gasteiger partial charge in [0.15, 0.2) is 0 Å². The number of anilines is 2. The largest absolute Gasteiger partial charge is 0.378 e. The molecule has 0 aromatic heterocycles. The van der Waals surface area contributed by atoms with Crippen LogP contribution in [0.15, 0.2) is 42.5 Å². The van der Waals surface area contributed by atoms with Crippen LogP contribution in [-0.4, -0.2) is 60.4 Å². The Labute approximate surface area is 188 Å². The highest BCUT2D eigenvalue weighted by molar-refractivity contribution is 6.07. The number of hydrogen-bond donors (Lipinski definition) is 1. The lowest BCUT2D eigenvalue weighted by molar-refractivity contribution is -0.387. The van der Waals surface area contributed by atoms with Crippen LogP contribution in [0.3, 0.4) is 0 Å².